The molecule has 1 aliphatic rings. The molecule has 7 heteroatoms. The Morgan fingerprint density at radius 1 is 1.12 bits per heavy atom. The van der Waals surface area contributed by atoms with Crippen molar-refractivity contribution in [2.75, 3.05) is 32.7 Å². The maximum absolute atomic E-state index is 12.1. The van der Waals surface area contributed by atoms with Crippen LogP contribution in [0.4, 0.5) is 0 Å². The van der Waals surface area contributed by atoms with Crippen LogP contribution in [0.25, 0.3) is 5.65 Å². The summed E-state index contributed by atoms with van der Waals surface area (Å²) in [6.45, 7) is 5.73. The maximum Gasteiger partial charge on any atom is 0.234 e. The molecular formula is C19H23N5OS. The summed E-state index contributed by atoms with van der Waals surface area (Å²) < 4.78 is 2.06. The van der Waals surface area contributed by atoms with Crippen molar-refractivity contribution < 1.29 is 4.79 Å². The Morgan fingerprint density at radius 2 is 1.96 bits per heavy atom. The van der Waals surface area contributed by atoms with Gasteiger partial charge in [-0.25, -0.2) is 4.98 Å². The molecule has 1 amide bonds. The number of carbonyl (C=O) groups is 1. The van der Waals surface area contributed by atoms with Crippen LogP contribution in [0.3, 0.4) is 0 Å². The topological polar surface area (TPSA) is 52.9 Å². The second kappa shape index (κ2) is 7.99. The van der Waals surface area contributed by atoms with Crippen LogP contribution in [0.15, 0.2) is 48.1 Å². The summed E-state index contributed by atoms with van der Waals surface area (Å²) in [5.74, 6) is 0.104. The number of pyridine rings is 1. The summed E-state index contributed by atoms with van der Waals surface area (Å²) in [4.78, 5) is 22.6. The van der Waals surface area contributed by atoms with Gasteiger partial charge in [-0.05, 0) is 23.6 Å². The van der Waals surface area contributed by atoms with Crippen molar-refractivity contribution in [2.24, 2.45) is 0 Å². The fraction of sp³-hybridized carbons (Fsp3) is 0.368. The number of rotatable bonds is 6. The average molecular weight is 369 g/mol. The molecule has 0 aliphatic carbocycles. The summed E-state index contributed by atoms with van der Waals surface area (Å²) in [6, 6.07) is 10.1. The molecular weight excluding hydrogens is 346 g/mol. The zero-order chi connectivity index (χ0) is 17.8. The van der Waals surface area contributed by atoms with E-state index < -0.39 is 0 Å². The number of fused-ring (bicyclic) bond motifs is 1. The average Bonchev–Trinajstić information content (AvgIpc) is 3.30. The summed E-state index contributed by atoms with van der Waals surface area (Å²) in [5.41, 5.74) is 2.09. The SMILES string of the molecule is O=C(CN1CCN(Cc2cn3ccccc3n2)CC1)NCc1cccs1. The number of carbonyl (C=O) groups excluding carboxylic acids is 1. The van der Waals surface area contributed by atoms with E-state index in [1.54, 1.807) is 11.3 Å². The third kappa shape index (κ3) is 4.30. The van der Waals surface area contributed by atoms with Crippen LogP contribution < -0.4 is 5.32 Å². The number of hydrogen-bond acceptors (Lipinski definition) is 5. The number of imidazole rings is 1. The molecule has 4 rings (SSSR count). The Balaban J connectivity index is 1.21. The predicted molar refractivity (Wildman–Crippen MR) is 103 cm³/mol. The van der Waals surface area contributed by atoms with Crippen molar-refractivity contribution in [3.63, 3.8) is 0 Å². The highest BCUT2D eigenvalue weighted by Gasteiger charge is 2.19. The van der Waals surface area contributed by atoms with Crippen LogP contribution in [-0.4, -0.2) is 57.8 Å². The number of aromatic nitrogens is 2. The minimum Gasteiger partial charge on any atom is -0.350 e. The van der Waals surface area contributed by atoms with Gasteiger partial charge in [0.1, 0.15) is 5.65 Å². The molecule has 0 unspecified atom stereocenters. The van der Waals surface area contributed by atoms with Crippen molar-refractivity contribution in [2.45, 2.75) is 13.1 Å². The molecule has 1 N–H and O–H groups in total. The Hall–Kier alpha value is -2.22. The van der Waals surface area contributed by atoms with Crippen LogP contribution in [0, 0.1) is 0 Å². The van der Waals surface area contributed by atoms with E-state index in [1.165, 1.54) is 4.88 Å². The Morgan fingerprint density at radius 3 is 2.73 bits per heavy atom. The lowest BCUT2D eigenvalue weighted by Crippen LogP contribution is -2.49. The van der Waals surface area contributed by atoms with E-state index in [-0.39, 0.29) is 5.91 Å². The standard InChI is InChI=1S/C19H23N5OS/c25-19(20-12-17-4-3-11-26-17)15-23-9-7-22(8-10-23)13-16-14-24-6-2-1-5-18(24)21-16/h1-6,11,14H,7-10,12-13,15H2,(H,20,25). The van der Waals surface area contributed by atoms with Gasteiger partial charge >= 0.3 is 0 Å². The van der Waals surface area contributed by atoms with E-state index in [4.69, 9.17) is 0 Å². The summed E-state index contributed by atoms with van der Waals surface area (Å²) in [6.07, 6.45) is 4.12. The molecule has 0 radical (unpaired) electrons. The molecule has 0 bridgehead atoms. The molecule has 0 spiro atoms. The largest absolute Gasteiger partial charge is 0.350 e. The fourth-order valence-electron chi connectivity index (χ4n) is 3.26. The number of nitrogens with zero attached hydrogens (tertiary/aromatic N) is 4. The summed E-state index contributed by atoms with van der Waals surface area (Å²) in [7, 11) is 0. The Kier molecular flexibility index (Phi) is 5.29. The van der Waals surface area contributed by atoms with Gasteiger partial charge in [-0.2, -0.15) is 0 Å². The lowest BCUT2D eigenvalue weighted by Gasteiger charge is -2.33. The smallest absolute Gasteiger partial charge is 0.234 e. The van der Waals surface area contributed by atoms with Crippen molar-refractivity contribution in [1.29, 1.82) is 0 Å². The lowest BCUT2D eigenvalue weighted by atomic mass is 10.3. The monoisotopic (exact) mass is 369 g/mol. The normalized spacial score (nSPS) is 16.2. The molecule has 0 aromatic carbocycles. The summed E-state index contributed by atoms with van der Waals surface area (Å²) in [5, 5.41) is 5.03. The number of nitrogens with one attached hydrogen (secondary N) is 1. The van der Waals surface area contributed by atoms with E-state index in [1.807, 2.05) is 41.9 Å². The zero-order valence-electron chi connectivity index (χ0n) is 14.7. The number of piperazine rings is 1. The van der Waals surface area contributed by atoms with E-state index in [0.717, 1.165) is 44.1 Å². The molecule has 3 aromatic heterocycles. The molecule has 1 fully saturated rings. The fourth-order valence-corrected chi connectivity index (χ4v) is 3.90. The molecule has 26 heavy (non-hydrogen) atoms. The van der Waals surface area contributed by atoms with Crippen molar-refractivity contribution >= 4 is 22.9 Å². The Labute approximate surface area is 157 Å². The highest BCUT2D eigenvalue weighted by molar-refractivity contribution is 7.09. The Bertz CT molecular complexity index is 819. The van der Waals surface area contributed by atoms with Gasteiger partial charge in [0.05, 0.1) is 18.8 Å². The van der Waals surface area contributed by atoms with Gasteiger partial charge in [-0.1, -0.05) is 12.1 Å². The van der Waals surface area contributed by atoms with Gasteiger partial charge in [-0.15, -0.1) is 11.3 Å². The highest BCUT2D eigenvalue weighted by atomic mass is 32.1. The maximum atomic E-state index is 12.1. The van der Waals surface area contributed by atoms with Gasteiger partial charge in [0, 0.05) is 50.0 Å². The molecule has 6 nitrogen and oxygen atoms in total. The second-order valence-electron chi connectivity index (χ2n) is 6.61. The molecule has 3 aromatic rings. The summed E-state index contributed by atoms with van der Waals surface area (Å²) >= 11 is 1.67. The van der Waals surface area contributed by atoms with Gasteiger partial charge in [0.25, 0.3) is 0 Å². The van der Waals surface area contributed by atoms with Crippen molar-refractivity contribution in [3.05, 3.63) is 58.7 Å². The van der Waals surface area contributed by atoms with Gasteiger partial charge in [-0.3, -0.25) is 14.6 Å². The van der Waals surface area contributed by atoms with E-state index in [9.17, 15) is 4.79 Å². The van der Waals surface area contributed by atoms with Crippen LogP contribution in [0.2, 0.25) is 0 Å². The van der Waals surface area contributed by atoms with Crippen LogP contribution >= 0.6 is 11.3 Å². The first-order valence-electron chi connectivity index (χ1n) is 8.93. The minimum absolute atomic E-state index is 0.104. The van der Waals surface area contributed by atoms with Gasteiger partial charge in [0.2, 0.25) is 5.91 Å². The first-order valence-corrected chi connectivity index (χ1v) is 9.81. The second-order valence-corrected chi connectivity index (χ2v) is 7.64. The quantitative estimate of drug-likeness (QED) is 0.720. The van der Waals surface area contributed by atoms with Crippen LogP contribution in [-0.2, 0) is 17.9 Å². The molecule has 1 saturated heterocycles. The molecule has 0 saturated carbocycles. The zero-order valence-corrected chi connectivity index (χ0v) is 15.5. The predicted octanol–water partition coefficient (Wildman–Crippen LogP) is 1.83. The lowest BCUT2D eigenvalue weighted by molar-refractivity contribution is -0.122. The number of amides is 1. The first-order chi connectivity index (χ1) is 12.8. The van der Waals surface area contributed by atoms with E-state index in [2.05, 4.69) is 30.7 Å². The van der Waals surface area contributed by atoms with Crippen LogP contribution in [0.1, 0.15) is 10.6 Å². The van der Waals surface area contributed by atoms with Crippen molar-refractivity contribution in [3.8, 4) is 0 Å². The molecule has 1 aliphatic heterocycles. The first kappa shape index (κ1) is 17.2. The van der Waals surface area contributed by atoms with Gasteiger partial charge in [0.15, 0.2) is 0 Å². The molecule has 0 atom stereocenters. The van der Waals surface area contributed by atoms with Gasteiger partial charge < -0.3 is 9.72 Å². The molecule has 4 heterocycles. The van der Waals surface area contributed by atoms with E-state index in [0.29, 0.717) is 13.1 Å². The third-order valence-corrected chi connectivity index (χ3v) is 5.55. The van der Waals surface area contributed by atoms with Crippen LogP contribution in [0.5, 0.6) is 0 Å². The third-order valence-electron chi connectivity index (χ3n) is 4.67. The van der Waals surface area contributed by atoms with E-state index >= 15 is 0 Å². The highest BCUT2D eigenvalue weighted by Crippen LogP contribution is 2.10. The minimum atomic E-state index is 0.104. The molecule has 136 valence electrons. The number of hydrogen-bond donors (Lipinski definition) is 1. The van der Waals surface area contributed by atoms with Crippen molar-refractivity contribution in [1.82, 2.24) is 24.5 Å². The number of thiophene rings is 1.